The average Bonchev–Trinajstić information content (AvgIpc) is 2.92. The minimum atomic E-state index is -4.13. The number of sulfonamides is 1. The number of nitrogens with zero attached hydrogens (tertiary/aromatic N) is 1. The third kappa shape index (κ3) is 5.52. The fourth-order valence-corrected chi connectivity index (χ4v) is 5.09. The molecule has 2 amide bonds. The van der Waals surface area contributed by atoms with Crippen molar-refractivity contribution in [2.75, 3.05) is 11.9 Å². The van der Waals surface area contributed by atoms with Crippen LogP contribution in [0, 0.1) is 5.82 Å². The van der Waals surface area contributed by atoms with E-state index in [1.165, 1.54) is 36.4 Å². The Balaban J connectivity index is 2.00. The van der Waals surface area contributed by atoms with E-state index in [-0.39, 0.29) is 22.7 Å². The van der Waals surface area contributed by atoms with Crippen molar-refractivity contribution in [2.24, 2.45) is 0 Å². The van der Waals surface area contributed by atoms with Crippen LogP contribution in [0.2, 0.25) is 5.02 Å². The van der Waals surface area contributed by atoms with Gasteiger partial charge in [-0.3, -0.25) is 10.1 Å². The average molecular weight is 470 g/mol. The first-order chi connectivity index (χ1) is 14.7. The number of hydrogen-bond acceptors (Lipinski definition) is 4. The molecule has 0 aliphatic carbocycles. The van der Waals surface area contributed by atoms with Gasteiger partial charge in [0.1, 0.15) is 11.9 Å². The lowest BCUT2D eigenvalue weighted by Gasteiger charge is -2.29. The van der Waals surface area contributed by atoms with Gasteiger partial charge in [0.2, 0.25) is 15.9 Å². The fraction of sp³-hybridized carbons (Fsp3) is 0.300. The van der Waals surface area contributed by atoms with Crippen LogP contribution in [-0.4, -0.2) is 42.4 Å². The number of hydrogen-bond donors (Lipinski definition) is 3. The fourth-order valence-electron chi connectivity index (χ4n) is 3.36. The zero-order chi connectivity index (χ0) is 22.6. The molecule has 0 radical (unpaired) electrons. The van der Waals surface area contributed by atoms with E-state index in [1.54, 1.807) is 0 Å². The summed E-state index contributed by atoms with van der Waals surface area (Å²) in [6, 6.07) is 8.26. The largest absolute Gasteiger partial charge is 0.465 e. The van der Waals surface area contributed by atoms with Crippen LogP contribution in [0.3, 0.4) is 0 Å². The Bertz CT molecular complexity index is 1080. The van der Waals surface area contributed by atoms with Crippen molar-refractivity contribution in [1.82, 2.24) is 9.62 Å². The molecule has 3 rings (SSSR count). The van der Waals surface area contributed by atoms with Crippen molar-refractivity contribution in [1.29, 1.82) is 0 Å². The summed E-state index contributed by atoms with van der Waals surface area (Å²) in [5, 5.41) is 13.8. The molecule has 8 nitrogen and oxygen atoms in total. The highest BCUT2D eigenvalue weighted by Gasteiger charge is 2.36. The van der Waals surface area contributed by atoms with E-state index >= 15 is 0 Å². The number of halogens is 2. The molecule has 31 heavy (non-hydrogen) atoms. The maximum absolute atomic E-state index is 14.3. The Labute approximate surface area is 184 Å². The lowest BCUT2D eigenvalue weighted by Crippen LogP contribution is -2.48. The van der Waals surface area contributed by atoms with E-state index in [0.717, 1.165) is 16.8 Å². The van der Waals surface area contributed by atoms with E-state index in [2.05, 4.69) is 5.32 Å². The van der Waals surface area contributed by atoms with Gasteiger partial charge in [-0.1, -0.05) is 17.7 Å². The van der Waals surface area contributed by atoms with E-state index in [4.69, 9.17) is 16.7 Å². The minimum Gasteiger partial charge on any atom is -0.465 e. The maximum atomic E-state index is 14.3. The molecule has 1 aliphatic rings. The Morgan fingerprint density at radius 2 is 1.94 bits per heavy atom. The van der Waals surface area contributed by atoms with Gasteiger partial charge in [-0.15, -0.1) is 0 Å². The molecule has 11 heteroatoms. The summed E-state index contributed by atoms with van der Waals surface area (Å²) in [5.74, 6) is -1.27. The first-order valence-corrected chi connectivity index (χ1v) is 11.3. The van der Waals surface area contributed by atoms with Gasteiger partial charge in [0.05, 0.1) is 10.6 Å². The van der Waals surface area contributed by atoms with Crippen molar-refractivity contribution < 1.29 is 27.5 Å². The highest BCUT2D eigenvalue weighted by Crippen LogP contribution is 2.27. The monoisotopic (exact) mass is 469 g/mol. The number of carboxylic acid groups (broad SMARTS) is 1. The molecule has 1 aliphatic heterocycles. The Hall–Kier alpha value is -2.69. The zero-order valence-electron chi connectivity index (χ0n) is 16.3. The molecule has 0 saturated carbocycles. The van der Waals surface area contributed by atoms with Crippen LogP contribution >= 0.6 is 11.6 Å². The number of carbonyl (C=O) groups is 2. The molecule has 166 valence electrons. The molecule has 1 heterocycles. The first-order valence-electron chi connectivity index (χ1n) is 9.52. The molecule has 0 unspecified atom stereocenters. The highest BCUT2D eigenvalue weighted by molar-refractivity contribution is 7.89. The van der Waals surface area contributed by atoms with Crippen molar-refractivity contribution in [2.45, 2.75) is 36.7 Å². The van der Waals surface area contributed by atoms with Gasteiger partial charge in [0, 0.05) is 18.1 Å². The molecule has 1 saturated heterocycles. The number of carbonyl (C=O) groups excluding carboxylic acids is 1. The SMILES string of the molecule is O=C(O)Nc1ccc(CN([C@@H]2CCCCNC2=O)S(=O)(=O)c2ccc(Cl)cc2)cc1F. The molecule has 3 N–H and O–H groups in total. The quantitative estimate of drug-likeness (QED) is 0.599. The molecule has 2 aromatic rings. The van der Waals surface area contributed by atoms with E-state index in [1.807, 2.05) is 5.32 Å². The normalized spacial score (nSPS) is 17.1. The number of amides is 2. The van der Waals surface area contributed by atoms with Gasteiger partial charge in [0.15, 0.2) is 0 Å². The predicted molar refractivity (Wildman–Crippen MR) is 113 cm³/mol. The van der Waals surface area contributed by atoms with Gasteiger partial charge in [-0.25, -0.2) is 17.6 Å². The standard InChI is InChI=1S/C20H21ClFN3O5S/c21-14-5-7-15(8-6-14)31(29,30)25(18-3-1-2-10-23-19(18)26)12-13-4-9-17(16(22)11-13)24-20(27)28/h4-9,11,18,24H,1-3,10,12H2,(H,23,26)(H,27,28)/t18-/m1/s1. The first kappa shape index (κ1) is 23.0. The maximum Gasteiger partial charge on any atom is 0.409 e. The number of nitrogens with one attached hydrogen (secondary N) is 2. The summed E-state index contributed by atoms with van der Waals surface area (Å²) in [6.07, 6.45) is 0.265. The Morgan fingerprint density at radius 1 is 1.23 bits per heavy atom. The summed E-state index contributed by atoms with van der Waals surface area (Å²) in [7, 11) is -4.13. The van der Waals surface area contributed by atoms with E-state index in [0.29, 0.717) is 24.4 Å². The minimum absolute atomic E-state index is 0.0430. The van der Waals surface area contributed by atoms with Crippen LogP contribution in [0.5, 0.6) is 0 Å². The van der Waals surface area contributed by atoms with Crippen LogP contribution in [0.4, 0.5) is 14.9 Å². The second kappa shape index (κ2) is 9.63. The topological polar surface area (TPSA) is 116 Å². The summed E-state index contributed by atoms with van der Waals surface area (Å²) in [6.45, 7) is 0.182. The van der Waals surface area contributed by atoms with Crippen LogP contribution in [0.1, 0.15) is 24.8 Å². The van der Waals surface area contributed by atoms with Crippen molar-refractivity contribution >= 4 is 39.3 Å². The van der Waals surface area contributed by atoms with Crippen LogP contribution in [0.25, 0.3) is 0 Å². The summed E-state index contributed by atoms with van der Waals surface area (Å²) in [4.78, 5) is 23.3. The predicted octanol–water partition coefficient (Wildman–Crippen LogP) is 3.43. The van der Waals surface area contributed by atoms with Crippen molar-refractivity contribution in [3.8, 4) is 0 Å². The zero-order valence-corrected chi connectivity index (χ0v) is 17.9. The molecule has 2 aromatic carbocycles. The van der Waals surface area contributed by atoms with Gasteiger partial charge in [-0.05, 0) is 61.2 Å². The molecule has 0 bridgehead atoms. The van der Waals surface area contributed by atoms with E-state index < -0.39 is 33.9 Å². The summed E-state index contributed by atoms with van der Waals surface area (Å²) < 4.78 is 42.2. The van der Waals surface area contributed by atoms with Crippen molar-refractivity contribution in [3.05, 3.63) is 58.9 Å². The highest BCUT2D eigenvalue weighted by atomic mass is 35.5. The third-order valence-electron chi connectivity index (χ3n) is 4.89. The smallest absolute Gasteiger partial charge is 0.409 e. The van der Waals surface area contributed by atoms with Crippen LogP contribution in [-0.2, 0) is 21.4 Å². The lowest BCUT2D eigenvalue weighted by atomic mass is 10.1. The van der Waals surface area contributed by atoms with Crippen LogP contribution < -0.4 is 10.6 Å². The summed E-state index contributed by atoms with van der Waals surface area (Å²) >= 11 is 5.87. The molecule has 0 aromatic heterocycles. The Kier molecular flexibility index (Phi) is 7.14. The Morgan fingerprint density at radius 3 is 2.58 bits per heavy atom. The number of rotatable bonds is 6. The van der Waals surface area contributed by atoms with Crippen molar-refractivity contribution in [3.63, 3.8) is 0 Å². The molecule has 1 fully saturated rings. The molecule has 0 spiro atoms. The summed E-state index contributed by atoms with van der Waals surface area (Å²) in [5.41, 5.74) is 0.0126. The molecular weight excluding hydrogens is 449 g/mol. The molecular formula is C20H21ClFN3O5S. The number of anilines is 1. The third-order valence-corrected chi connectivity index (χ3v) is 7.01. The van der Waals surface area contributed by atoms with Crippen LogP contribution in [0.15, 0.2) is 47.4 Å². The second-order valence-corrected chi connectivity index (χ2v) is 9.38. The van der Waals surface area contributed by atoms with Gasteiger partial charge >= 0.3 is 6.09 Å². The van der Waals surface area contributed by atoms with E-state index in [9.17, 15) is 22.4 Å². The second-order valence-electron chi connectivity index (χ2n) is 7.05. The van der Waals surface area contributed by atoms with Gasteiger partial charge in [-0.2, -0.15) is 4.31 Å². The molecule has 1 atom stereocenters. The van der Waals surface area contributed by atoms with Gasteiger partial charge in [0.25, 0.3) is 0 Å². The van der Waals surface area contributed by atoms with Gasteiger partial charge < -0.3 is 10.4 Å². The number of benzene rings is 2. The lowest BCUT2D eigenvalue weighted by molar-refractivity contribution is -0.124.